The van der Waals surface area contributed by atoms with Gasteiger partial charge in [-0.05, 0) is 85.0 Å². The highest BCUT2D eigenvalue weighted by atomic mass is 32.2. The summed E-state index contributed by atoms with van der Waals surface area (Å²) in [6, 6.07) is 9.58. The van der Waals surface area contributed by atoms with Gasteiger partial charge in [0.15, 0.2) is 9.84 Å². The molecule has 0 aliphatic heterocycles. The lowest BCUT2D eigenvalue weighted by atomic mass is 9.86. The van der Waals surface area contributed by atoms with Crippen LogP contribution >= 0.6 is 0 Å². The molecule has 0 saturated carbocycles. The Hall–Kier alpha value is -1.72. The van der Waals surface area contributed by atoms with Crippen molar-refractivity contribution < 1.29 is 17.9 Å². The second-order valence-electron chi connectivity index (χ2n) is 8.88. The number of aliphatic hydroxyl groups is 1. The second-order valence-corrected chi connectivity index (χ2v) is 11.0. The van der Waals surface area contributed by atoms with Crippen molar-refractivity contribution >= 4 is 9.84 Å². The average Bonchev–Trinajstić information content (AvgIpc) is 2.61. The Balaban J connectivity index is 2.21. The molecule has 0 aliphatic rings. The summed E-state index contributed by atoms with van der Waals surface area (Å²) in [6.45, 7) is 11.5. The molecule has 0 radical (unpaired) electrons. The van der Waals surface area contributed by atoms with Crippen molar-refractivity contribution in [1.82, 2.24) is 0 Å². The van der Waals surface area contributed by atoms with Gasteiger partial charge in [0.05, 0.1) is 16.2 Å². The quantitative estimate of drug-likeness (QED) is 0.595. The highest BCUT2D eigenvalue weighted by Gasteiger charge is 2.20. The third-order valence-corrected chi connectivity index (χ3v) is 7.10. The van der Waals surface area contributed by atoms with E-state index < -0.39 is 15.4 Å². The van der Waals surface area contributed by atoms with Crippen molar-refractivity contribution in [2.75, 3.05) is 5.75 Å². The van der Waals surface area contributed by atoms with Gasteiger partial charge in [0.2, 0.25) is 0 Å². The Kier molecular flexibility index (Phi) is 7.28. The Bertz CT molecular complexity index is 908. The van der Waals surface area contributed by atoms with E-state index in [9.17, 15) is 17.9 Å². The fraction of sp³-hybridized carbons (Fsp3) is 0.500. The number of halogens is 1. The predicted octanol–water partition coefficient (Wildman–Crippen LogP) is 5.71. The van der Waals surface area contributed by atoms with E-state index in [0.29, 0.717) is 18.4 Å². The molecule has 0 amide bonds. The lowest BCUT2D eigenvalue weighted by Crippen LogP contribution is -2.16. The summed E-state index contributed by atoms with van der Waals surface area (Å²) in [5.74, 6) is 0.135. The van der Waals surface area contributed by atoms with Crippen LogP contribution in [0.2, 0.25) is 0 Å². The number of hydrogen-bond acceptors (Lipinski definition) is 3. The zero-order chi connectivity index (χ0) is 22.0. The molecule has 29 heavy (non-hydrogen) atoms. The van der Waals surface area contributed by atoms with Crippen LogP contribution in [0.1, 0.15) is 82.1 Å². The Morgan fingerprint density at radius 1 is 0.966 bits per heavy atom. The highest BCUT2D eigenvalue weighted by molar-refractivity contribution is 7.91. The summed E-state index contributed by atoms with van der Waals surface area (Å²) in [4.78, 5) is 0.262. The number of benzene rings is 2. The van der Waals surface area contributed by atoms with Crippen LogP contribution in [-0.4, -0.2) is 19.3 Å². The molecule has 0 saturated heterocycles. The summed E-state index contributed by atoms with van der Waals surface area (Å²) >= 11 is 0. The van der Waals surface area contributed by atoms with E-state index in [0.717, 1.165) is 16.7 Å². The van der Waals surface area contributed by atoms with E-state index in [-0.39, 0.29) is 28.3 Å². The number of sulfone groups is 1. The highest BCUT2D eigenvalue weighted by Crippen LogP contribution is 2.30. The smallest absolute Gasteiger partial charge is 0.178 e. The lowest BCUT2D eigenvalue weighted by molar-refractivity contribution is 0.0785. The van der Waals surface area contributed by atoms with Crippen LogP contribution in [0.25, 0.3) is 0 Å². The van der Waals surface area contributed by atoms with Gasteiger partial charge in [-0.3, -0.25) is 0 Å². The summed E-state index contributed by atoms with van der Waals surface area (Å²) in [5, 5.41) is 10.0. The van der Waals surface area contributed by atoms with Crippen molar-refractivity contribution in [1.29, 1.82) is 0 Å². The lowest BCUT2D eigenvalue weighted by Gasteiger charge is -2.20. The minimum atomic E-state index is -3.42. The Morgan fingerprint density at radius 3 is 1.86 bits per heavy atom. The zero-order valence-electron chi connectivity index (χ0n) is 18.3. The molecule has 0 heterocycles. The molecule has 2 aromatic rings. The summed E-state index contributed by atoms with van der Waals surface area (Å²) in [6.07, 6.45) is 1.07. The maximum absolute atomic E-state index is 14.1. The molecule has 0 bridgehead atoms. The van der Waals surface area contributed by atoms with Gasteiger partial charge in [-0.25, -0.2) is 12.8 Å². The normalized spacial score (nSPS) is 12.8. The van der Waals surface area contributed by atoms with Crippen molar-refractivity contribution in [3.05, 3.63) is 64.5 Å². The molecule has 5 heteroatoms. The molecule has 2 rings (SSSR count). The molecule has 3 nitrogen and oxygen atoms in total. The van der Waals surface area contributed by atoms with E-state index in [2.05, 4.69) is 0 Å². The molecule has 160 valence electrons. The second kappa shape index (κ2) is 8.97. The number of hydrogen-bond donors (Lipinski definition) is 1. The van der Waals surface area contributed by atoms with Gasteiger partial charge in [-0.2, -0.15) is 0 Å². The topological polar surface area (TPSA) is 54.4 Å². The fourth-order valence-electron chi connectivity index (χ4n) is 3.63. The molecule has 0 fully saturated rings. The average molecular weight is 421 g/mol. The van der Waals surface area contributed by atoms with Crippen LogP contribution in [0.3, 0.4) is 0 Å². The monoisotopic (exact) mass is 420 g/mol. The van der Waals surface area contributed by atoms with Crippen LogP contribution in [0.15, 0.2) is 41.3 Å². The van der Waals surface area contributed by atoms with Gasteiger partial charge in [0.25, 0.3) is 0 Å². The van der Waals surface area contributed by atoms with E-state index in [1.807, 2.05) is 27.7 Å². The van der Waals surface area contributed by atoms with E-state index >= 15 is 0 Å². The predicted molar refractivity (Wildman–Crippen MR) is 117 cm³/mol. The molecule has 0 aliphatic carbocycles. The maximum atomic E-state index is 14.1. The van der Waals surface area contributed by atoms with Crippen LogP contribution < -0.4 is 0 Å². The van der Waals surface area contributed by atoms with E-state index in [1.54, 1.807) is 50.2 Å². The first-order valence-corrected chi connectivity index (χ1v) is 11.9. The molecule has 0 aromatic heterocycles. The molecule has 0 unspecified atom stereocenters. The third-order valence-electron chi connectivity index (χ3n) is 5.29. The van der Waals surface area contributed by atoms with Gasteiger partial charge in [-0.1, -0.05) is 39.8 Å². The van der Waals surface area contributed by atoms with Crippen molar-refractivity contribution in [3.63, 3.8) is 0 Å². The molecular weight excluding hydrogens is 387 g/mol. The standard InChI is InChI=1S/C24H33FO3S/c1-16(2)22-14-19(25)15-23(17(3)4)21(22)8-7-13-29(27,28)20-11-9-18(10-12-20)24(5,6)26/h9-12,14-17,26H,7-8,13H2,1-6H3. The first-order valence-electron chi connectivity index (χ1n) is 10.2. The Morgan fingerprint density at radius 2 is 1.45 bits per heavy atom. The molecule has 0 spiro atoms. The van der Waals surface area contributed by atoms with Gasteiger partial charge in [-0.15, -0.1) is 0 Å². The summed E-state index contributed by atoms with van der Waals surface area (Å²) in [5.41, 5.74) is 2.65. The molecule has 2 aromatic carbocycles. The van der Waals surface area contributed by atoms with Gasteiger partial charge in [0.1, 0.15) is 5.82 Å². The SMILES string of the molecule is CC(C)c1cc(F)cc(C(C)C)c1CCCS(=O)(=O)c1ccc(C(C)(C)O)cc1. The van der Waals surface area contributed by atoms with Crippen molar-refractivity contribution in [3.8, 4) is 0 Å². The molecular formula is C24H33FO3S. The maximum Gasteiger partial charge on any atom is 0.178 e. The van der Waals surface area contributed by atoms with E-state index in [4.69, 9.17) is 0 Å². The molecule has 0 atom stereocenters. The zero-order valence-corrected chi connectivity index (χ0v) is 19.1. The van der Waals surface area contributed by atoms with E-state index in [1.165, 1.54) is 0 Å². The minimum absolute atomic E-state index is 0.0291. The first-order chi connectivity index (χ1) is 13.3. The van der Waals surface area contributed by atoms with Gasteiger partial charge in [0, 0.05) is 0 Å². The van der Waals surface area contributed by atoms with Crippen molar-refractivity contribution in [2.24, 2.45) is 0 Å². The largest absolute Gasteiger partial charge is 0.386 e. The minimum Gasteiger partial charge on any atom is -0.386 e. The van der Waals surface area contributed by atoms with Crippen LogP contribution in [-0.2, 0) is 21.9 Å². The number of rotatable bonds is 8. The van der Waals surface area contributed by atoms with Crippen LogP contribution in [0.5, 0.6) is 0 Å². The molecule has 1 N–H and O–H groups in total. The summed E-state index contributed by atoms with van der Waals surface area (Å²) in [7, 11) is -3.42. The van der Waals surface area contributed by atoms with Gasteiger partial charge >= 0.3 is 0 Å². The van der Waals surface area contributed by atoms with Crippen LogP contribution in [0, 0.1) is 5.82 Å². The summed E-state index contributed by atoms with van der Waals surface area (Å²) < 4.78 is 39.6. The van der Waals surface area contributed by atoms with Gasteiger partial charge < -0.3 is 5.11 Å². The first kappa shape index (κ1) is 23.6. The Labute approximate surface area is 174 Å². The third kappa shape index (κ3) is 5.89. The fourth-order valence-corrected chi connectivity index (χ4v) is 4.94. The van der Waals surface area contributed by atoms with Crippen molar-refractivity contribution in [2.45, 2.75) is 76.7 Å². The van der Waals surface area contributed by atoms with Crippen LogP contribution in [0.4, 0.5) is 4.39 Å².